The molecule has 2 amide bonds. The molecule has 124 valence electrons. The number of hydrogen-bond acceptors (Lipinski definition) is 2. The normalized spacial score (nSPS) is 13.6. The zero-order valence-electron chi connectivity index (χ0n) is 13.4. The number of carbonyl (C=O) groups excluding carboxylic acids is 2. The van der Waals surface area contributed by atoms with Gasteiger partial charge in [-0.05, 0) is 11.0 Å². The van der Waals surface area contributed by atoms with Gasteiger partial charge in [-0.2, -0.15) is 0 Å². The van der Waals surface area contributed by atoms with Gasteiger partial charge < -0.3 is 29.2 Å². The molecule has 2 atom stereocenters. The maximum absolute atomic E-state index is 12.1. The van der Waals surface area contributed by atoms with E-state index in [4.69, 9.17) is 5.73 Å². The third-order valence-electron chi connectivity index (χ3n) is 3.17. The van der Waals surface area contributed by atoms with Crippen LogP contribution in [-0.4, -0.2) is 23.9 Å². The van der Waals surface area contributed by atoms with Crippen LogP contribution in [0.5, 0.6) is 0 Å². The quantitative estimate of drug-likeness (QED) is 0.528. The molecule has 0 heterocycles. The van der Waals surface area contributed by atoms with E-state index >= 15 is 0 Å². The lowest BCUT2D eigenvalue weighted by atomic mass is 9.88. The van der Waals surface area contributed by atoms with E-state index in [2.05, 4.69) is 11.1 Å². The predicted molar refractivity (Wildman–Crippen MR) is 82.0 cm³/mol. The number of amides is 2. The van der Waals surface area contributed by atoms with Gasteiger partial charge in [-0.3, -0.25) is 9.59 Å². The molecule has 1 aromatic carbocycles. The van der Waals surface area contributed by atoms with E-state index in [9.17, 15) is 9.59 Å². The third kappa shape index (κ3) is 7.43. The van der Waals surface area contributed by atoms with E-state index in [1.165, 1.54) is 0 Å². The van der Waals surface area contributed by atoms with Crippen LogP contribution in [0.25, 0.3) is 0 Å². The molecule has 0 saturated heterocycles. The largest absolute Gasteiger partial charge is 1.00 e. The van der Waals surface area contributed by atoms with Crippen molar-refractivity contribution < 1.29 is 27.7 Å². The van der Waals surface area contributed by atoms with Crippen molar-refractivity contribution in [1.29, 1.82) is 0 Å². The molecule has 1 aromatic rings. The molecule has 0 unspecified atom stereocenters. The summed E-state index contributed by atoms with van der Waals surface area (Å²) in [7, 11) is 0. The molecule has 0 fully saturated rings. The standard InChI is InChI=1S/C16H25N3O2.ClH/c1-16(2,3)10-12(17)15(21)19-13(14(18)20)9-11-7-5-4-6-8-11;/h4-8,12-13H,9-10,17H2,1-3H3,(H2,18,20)(H,19,21);1H/t12-,13-;/m0./s1. The Morgan fingerprint density at radius 3 is 2.23 bits per heavy atom. The Hall–Kier alpha value is -1.59. The average Bonchev–Trinajstić information content (AvgIpc) is 2.36. The summed E-state index contributed by atoms with van der Waals surface area (Å²) in [6, 6.07) is 8.37. The van der Waals surface area contributed by atoms with Crippen molar-refractivity contribution in [3.05, 3.63) is 35.9 Å². The first-order valence-electron chi connectivity index (χ1n) is 7.16. The van der Waals surface area contributed by atoms with Crippen LogP contribution in [0, 0.1) is 5.41 Å². The molecule has 0 spiro atoms. The van der Waals surface area contributed by atoms with Gasteiger partial charge in [0.15, 0.2) is 6.04 Å². The number of nitrogens with two attached hydrogens (primary N) is 1. The molecule has 0 aromatic heterocycles. The highest BCUT2D eigenvalue weighted by atomic mass is 35.5. The van der Waals surface area contributed by atoms with Gasteiger partial charge in [-0.25, -0.2) is 0 Å². The molecule has 0 saturated carbocycles. The highest BCUT2D eigenvalue weighted by Crippen LogP contribution is 2.19. The van der Waals surface area contributed by atoms with E-state index in [1.807, 2.05) is 51.1 Å². The van der Waals surface area contributed by atoms with E-state index in [0.29, 0.717) is 12.8 Å². The number of quaternary nitrogens is 1. The topological polar surface area (TPSA) is 99.8 Å². The number of rotatable bonds is 6. The van der Waals surface area contributed by atoms with Gasteiger partial charge >= 0.3 is 0 Å². The Bertz CT molecular complexity index is 486. The molecule has 0 aliphatic rings. The van der Waals surface area contributed by atoms with Gasteiger partial charge in [0.25, 0.3) is 5.91 Å². The van der Waals surface area contributed by atoms with Crippen LogP contribution in [0.2, 0.25) is 0 Å². The fourth-order valence-corrected chi connectivity index (χ4v) is 2.19. The van der Waals surface area contributed by atoms with Crippen LogP contribution in [0.3, 0.4) is 0 Å². The molecule has 1 rings (SSSR count). The highest BCUT2D eigenvalue weighted by molar-refractivity contribution is 5.88. The Labute approximate surface area is 138 Å². The lowest BCUT2D eigenvalue weighted by Gasteiger charge is -2.22. The first-order chi connectivity index (χ1) is 9.69. The summed E-state index contributed by atoms with van der Waals surface area (Å²) >= 11 is 0. The van der Waals surface area contributed by atoms with Crippen LogP contribution in [-0.2, 0) is 16.0 Å². The second-order valence-corrected chi connectivity index (χ2v) is 6.61. The smallest absolute Gasteiger partial charge is 0.278 e. The molecule has 5 nitrogen and oxygen atoms in total. The summed E-state index contributed by atoms with van der Waals surface area (Å²) in [4.78, 5) is 23.7. The molecule has 0 radical (unpaired) electrons. The first-order valence-corrected chi connectivity index (χ1v) is 7.16. The number of benzene rings is 1. The lowest BCUT2D eigenvalue weighted by Crippen LogP contribution is -3.00. The molecular formula is C16H26ClN3O2. The van der Waals surface area contributed by atoms with Crippen LogP contribution >= 0.6 is 0 Å². The van der Waals surface area contributed by atoms with Crippen LogP contribution < -0.4 is 29.2 Å². The van der Waals surface area contributed by atoms with Gasteiger partial charge in [0.05, 0.1) is 0 Å². The molecule has 6 heteroatoms. The fourth-order valence-electron chi connectivity index (χ4n) is 2.19. The number of hydrogen-bond donors (Lipinski definition) is 3. The Morgan fingerprint density at radius 1 is 1.23 bits per heavy atom. The fraction of sp³-hybridized carbons (Fsp3) is 0.500. The molecular weight excluding hydrogens is 302 g/mol. The number of primary amides is 1. The van der Waals surface area contributed by atoms with Gasteiger partial charge in [-0.1, -0.05) is 51.1 Å². The van der Waals surface area contributed by atoms with Crippen LogP contribution in [0.15, 0.2) is 30.3 Å². The Kier molecular flexibility index (Phi) is 8.12. The highest BCUT2D eigenvalue weighted by Gasteiger charge is 2.27. The minimum absolute atomic E-state index is 0. The van der Waals surface area contributed by atoms with Crippen molar-refractivity contribution in [3.63, 3.8) is 0 Å². The predicted octanol–water partition coefficient (Wildman–Crippen LogP) is -2.75. The minimum atomic E-state index is -0.705. The molecule has 0 aliphatic heterocycles. The summed E-state index contributed by atoms with van der Waals surface area (Å²) < 4.78 is 0. The third-order valence-corrected chi connectivity index (χ3v) is 3.17. The number of nitrogens with one attached hydrogen (secondary N) is 1. The summed E-state index contributed by atoms with van der Waals surface area (Å²) in [5.41, 5.74) is 10.2. The average molecular weight is 328 g/mol. The Morgan fingerprint density at radius 2 is 1.77 bits per heavy atom. The van der Waals surface area contributed by atoms with Gasteiger partial charge in [0.1, 0.15) is 6.04 Å². The van der Waals surface area contributed by atoms with Crippen molar-refractivity contribution in [2.24, 2.45) is 11.1 Å². The molecule has 22 heavy (non-hydrogen) atoms. The van der Waals surface area contributed by atoms with Crippen molar-refractivity contribution in [1.82, 2.24) is 5.32 Å². The van der Waals surface area contributed by atoms with Crippen molar-refractivity contribution in [2.75, 3.05) is 0 Å². The second-order valence-electron chi connectivity index (χ2n) is 6.61. The summed E-state index contributed by atoms with van der Waals surface area (Å²) in [6.07, 6.45) is 1.04. The van der Waals surface area contributed by atoms with Gasteiger partial charge in [-0.15, -0.1) is 0 Å². The zero-order valence-corrected chi connectivity index (χ0v) is 14.2. The summed E-state index contributed by atoms with van der Waals surface area (Å²) in [6.45, 7) is 6.15. The SMILES string of the molecule is CC(C)(C)C[C@H]([NH3+])C(=O)N[C@@H](Cc1ccccc1)C(N)=O.[Cl-]. The monoisotopic (exact) mass is 327 g/mol. The zero-order chi connectivity index (χ0) is 16.0. The van der Waals surface area contributed by atoms with Crippen LogP contribution in [0.1, 0.15) is 32.8 Å². The van der Waals surface area contributed by atoms with Crippen molar-refractivity contribution >= 4 is 11.8 Å². The van der Waals surface area contributed by atoms with Crippen molar-refractivity contribution in [3.8, 4) is 0 Å². The maximum atomic E-state index is 12.1. The first kappa shape index (κ1) is 20.4. The molecule has 6 N–H and O–H groups in total. The van der Waals surface area contributed by atoms with Gasteiger partial charge in [0, 0.05) is 12.8 Å². The van der Waals surface area contributed by atoms with E-state index in [0.717, 1.165) is 5.56 Å². The van der Waals surface area contributed by atoms with E-state index in [-0.39, 0.29) is 23.7 Å². The van der Waals surface area contributed by atoms with Gasteiger partial charge in [0.2, 0.25) is 5.91 Å². The molecule has 0 aliphatic carbocycles. The summed E-state index contributed by atoms with van der Waals surface area (Å²) in [5.74, 6) is -0.764. The van der Waals surface area contributed by atoms with E-state index in [1.54, 1.807) is 0 Å². The lowest BCUT2D eigenvalue weighted by molar-refractivity contribution is -0.408. The Balaban J connectivity index is 0.00000441. The van der Waals surface area contributed by atoms with Crippen LogP contribution in [0.4, 0.5) is 0 Å². The van der Waals surface area contributed by atoms with E-state index < -0.39 is 18.0 Å². The maximum Gasteiger partial charge on any atom is 0.278 e. The van der Waals surface area contributed by atoms with Crippen molar-refractivity contribution in [2.45, 2.75) is 45.7 Å². The second kappa shape index (κ2) is 8.76. The summed E-state index contributed by atoms with van der Waals surface area (Å²) in [5, 5.41) is 2.71. The minimum Gasteiger partial charge on any atom is -1.00 e. The number of carbonyl (C=O) groups is 2. The number of halogens is 1. The molecule has 0 bridgehead atoms.